The standard InChI is InChI=1S/C55H35N3S/c1-3-13-38(14-4-1)43-17-7-10-21-49(43)55-57-53(40-15-5-2-6-16-40)56-54(58-55)41-29-25-37(26-30-41)36-23-27-39(28-24-36)44-32-33-45(47-19-9-8-18-46(44)47)42-31-34-52-50(35-42)48-20-11-12-22-51(48)59-52/h1-35H. The molecule has 2 aromatic heterocycles. The van der Waals surface area contributed by atoms with Crippen LogP contribution in [0.1, 0.15) is 0 Å². The van der Waals surface area contributed by atoms with E-state index < -0.39 is 0 Å². The van der Waals surface area contributed by atoms with Crippen LogP contribution in [0.5, 0.6) is 0 Å². The summed E-state index contributed by atoms with van der Waals surface area (Å²) in [4.78, 5) is 15.1. The SMILES string of the molecule is c1ccc(-c2nc(-c3ccc(-c4ccc(-c5ccc(-c6ccc7sc8ccccc8c7c6)c6ccccc56)cc4)cc3)nc(-c3ccccc3-c3ccccc3)n2)cc1. The monoisotopic (exact) mass is 769 g/mol. The molecule has 0 amide bonds. The van der Waals surface area contributed by atoms with Crippen molar-refractivity contribution in [3.05, 3.63) is 212 Å². The van der Waals surface area contributed by atoms with Gasteiger partial charge < -0.3 is 0 Å². The molecule has 0 saturated heterocycles. The zero-order chi connectivity index (χ0) is 39.1. The minimum atomic E-state index is 0.637. The number of fused-ring (bicyclic) bond motifs is 4. The molecule has 0 atom stereocenters. The van der Waals surface area contributed by atoms with Gasteiger partial charge in [-0.1, -0.05) is 194 Å². The Morgan fingerprint density at radius 1 is 0.237 bits per heavy atom. The minimum Gasteiger partial charge on any atom is -0.208 e. The van der Waals surface area contributed by atoms with Crippen molar-refractivity contribution in [3.63, 3.8) is 0 Å². The summed E-state index contributed by atoms with van der Waals surface area (Å²) < 4.78 is 2.65. The van der Waals surface area contributed by atoms with E-state index in [1.165, 1.54) is 53.2 Å². The van der Waals surface area contributed by atoms with E-state index >= 15 is 0 Å². The first kappa shape index (κ1) is 34.7. The van der Waals surface area contributed by atoms with Crippen LogP contribution >= 0.6 is 11.3 Å². The Bertz CT molecular complexity index is 3300. The molecule has 0 aliphatic carbocycles. The zero-order valence-electron chi connectivity index (χ0n) is 32.0. The topological polar surface area (TPSA) is 38.7 Å². The molecule has 0 bridgehead atoms. The number of thiophene rings is 1. The van der Waals surface area contributed by atoms with Gasteiger partial charge in [0.25, 0.3) is 0 Å². The highest BCUT2D eigenvalue weighted by Crippen LogP contribution is 2.40. The number of benzene rings is 9. The van der Waals surface area contributed by atoms with Gasteiger partial charge in [0.1, 0.15) is 0 Å². The molecule has 276 valence electrons. The van der Waals surface area contributed by atoms with E-state index in [4.69, 9.17) is 15.0 Å². The zero-order valence-corrected chi connectivity index (χ0v) is 32.8. The van der Waals surface area contributed by atoms with Gasteiger partial charge in [-0.2, -0.15) is 0 Å². The van der Waals surface area contributed by atoms with Gasteiger partial charge >= 0.3 is 0 Å². The Morgan fingerprint density at radius 3 is 1.32 bits per heavy atom. The van der Waals surface area contributed by atoms with Crippen molar-refractivity contribution in [3.8, 4) is 78.7 Å². The van der Waals surface area contributed by atoms with Crippen molar-refractivity contribution in [2.45, 2.75) is 0 Å². The van der Waals surface area contributed by atoms with Crippen molar-refractivity contribution in [1.82, 2.24) is 15.0 Å². The summed E-state index contributed by atoms with van der Waals surface area (Å²) in [6, 6.07) is 75.3. The van der Waals surface area contributed by atoms with Crippen molar-refractivity contribution >= 4 is 42.3 Å². The summed E-state index contributed by atoms with van der Waals surface area (Å²) in [5, 5.41) is 5.14. The molecule has 0 unspecified atom stereocenters. The number of nitrogens with zero attached hydrogens (tertiary/aromatic N) is 3. The Hall–Kier alpha value is -7.53. The lowest BCUT2D eigenvalue weighted by atomic mass is 9.91. The molecule has 0 fully saturated rings. The maximum atomic E-state index is 5.08. The lowest BCUT2D eigenvalue weighted by molar-refractivity contribution is 1.07. The predicted octanol–water partition coefficient (Wildman–Crippen LogP) is 15.1. The quantitative estimate of drug-likeness (QED) is 0.162. The van der Waals surface area contributed by atoms with Crippen LogP contribution in [0, 0.1) is 0 Å². The molecule has 0 radical (unpaired) electrons. The highest BCUT2D eigenvalue weighted by Gasteiger charge is 2.16. The molecule has 0 aliphatic rings. The van der Waals surface area contributed by atoms with Crippen LogP contribution in [0.25, 0.3) is 110 Å². The second-order valence-corrected chi connectivity index (χ2v) is 15.8. The first-order valence-electron chi connectivity index (χ1n) is 19.8. The fourth-order valence-electron chi connectivity index (χ4n) is 8.24. The van der Waals surface area contributed by atoms with Gasteiger partial charge in [-0.25, -0.2) is 15.0 Å². The van der Waals surface area contributed by atoms with Crippen molar-refractivity contribution in [2.75, 3.05) is 0 Å². The van der Waals surface area contributed by atoms with E-state index in [0.717, 1.165) is 38.9 Å². The van der Waals surface area contributed by atoms with Gasteiger partial charge in [0.05, 0.1) is 0 Å². The van der Waals surface area contributed by atoms with Gasteiger partial charge in [-0.15, -0.1) is 11.3 Å². The normalized spacial score (nSPS) is 11.4. The first-order chi connectivity index (χ1) is 29.2. The van der Waals surface area contributed by atoms with E-state index in [0.29, 0.717) is 17.5 Å². The molecule has 2 heterocycles. The molecule has 3 nitrogen and oxygen atoms in total. The molecule has 0 spiro atoms. The average Bonchev–Trinajstić information content (AvgIpc) is 3.70. The van der Waals surface area contributed by atoms with Crippen molar-refractivity contribution < 1.29 is 0 Å². The summed E-state index contributed by atoms with van der Waals surface area (Å²) in [6.07, 6.45) is 0. The first-order valence-corrected chi connectivity index (χ1v) is 20.7. The smallest absolute Gasteiger partial charge is 0.164 e. The predicted molar refractivity (Wildman–Crippen MR) is 248 cm³/mol. The van der Waals surface area contributed by atoms with Crippen LogP contribution in [-0.2, 0) is 0 Å². The molecule has 11 rings (SSSR count). The maximum Gasteiger partial charge on any atom is 0.164 e. The van der Waals surface area contributed by atoms with Crippen molar-refractivity contribution in [1.29, 1.82) is 0 Å². The third kappa shape index (κ3) is 6.46. The van der Waals surface area contributed by atoms with E-state index in [2.05, 4.69) is 170 Å². The van der Waals surface area contributed by atoms with Gasteiger partial charge in [0.2, 0.25) is 0 Å². The number of hydrogen-bond donors (Lipinski definition) is 0. The average molecular weight is 770 g/mol. The van der Waals surface area contributed by atoms with Gasteiger partial charge in [0.15, 0.2) is 17.5 Å². The fourth-order valence-corrected chi connectivity index (χ4v) is 9.33. The summed E-state index contributed by atoms with van der Waals surface area (Å²) in [5.41, 5.74) is 12.2. The molecule has 11 aromatic rings. The third-order valence-electron chi connectivity index (χ3n) is 11.2. The van der Waals surface area contributed by atoms with Crippen LogP contribution in [0.4, 0.5) is 0 Å². The van der Waals surface area contributed by atoms with Crippen LogP contribution in [-0.4, -0.2) is 15.0 Å². The fraction of sp³-hybridized carbons (Fsp3) is 0. The van der Waals surface area contributed by atoms with Gasteiger partial charge in [0, 0.05) is 36.9 Å². The van der Waals surface area contributed by atoms with Gasteiger partial charge in [-0.05, 0) is 73.5 Å². The van der Waals surface area contributed by atoms with E-state index in [9.17, 15) is 0 Å². The highest BCUT2D eigenvalue weighted by molar-refractivity contribution is 7.25. The van der Waals surface area contributed by atoms with Crippen LogP contribution in [0.2, 0.25) is 0 Å². The molecule has 0 N–H and O–H groups in total. The van der Waals surface area contributed by atoms with E-state index in [1.54, 1.807) is 0 Å². The number of hydrogen-bond acceptors (Lipinski definition) is 4. The number of aromatic nitrogens is 3. The second kappa shape index (κ2) is 14.8. The summed E-state index contributed by atoms with van der Waals surface area (Å²) in [6.45, 7) is 0. The van der Waals surface area contributed by atoms with E-state index in [-0.39, 0.29) is 0 Å². The van der Waals surface area contributed by atoms with E-state index in [1.807, 2.05) is 53.8 Å². The Morgan fingerprint density at radius 2 is 0.661 bits per heavy atom. The van der Waals surface area contributed by atoms with Crippen LogP contribution in [0.3, 0.4) is 0 Å². The Labute approximate surface area is 346 Å². The minimum absolute atomic E-state index is 0.637. The molecule has 0 saturated carbocycles. The van der Waals surface area contributed by atoms with Crippen LogP contribution in [0.15, 0.2) is 212 Å². The summed E-state index contributed by atoms with van der Waals surface area (Å²) >= 11 is 1.86. The molecule has 9 aromatic carbocycles. The summed E-state index contributed by atoms with van der Waals surface area (Å²) in [7, 11) is 0. The van der Waals surface area contributed by atoms with Crippen LogP contribution < -0.4 is 0 Å². The largest absolute Gasteiger partial charge is 0.208 e. The Kier molecular flexibility index (Phi) is 8.68. The molecule has 4 heteroatoms. The third-order valence-corrected chi connectivity index (χ3v) is 12.4. The van der Waals surface area contributed by atoms with Crippen molar-refractivity contribution in [2.24, 2.45) is 0 Å². The maximum absolute atomic E-state index is 5.08. The highest BCUT2D eigenvalue weighted by atomic mass is 32.1. The molecule has 0 aliphatic heterocycles. The molecular formula is C55H35N3S. The summed E-state index contributed by atoms with van der Waals surface area (Å²) in [5.74, 6) is 1.93. The Balaban J connectivity index is 0.917. The molecular weight excluding hydrogens is 735 g/mol. The number of rotatable bonds is 7. The molecule has 59 heavy (non-hydrogen) atoms. The lowest BCUT2D eigenvalue weighted by Gasteiger charge is -2.13. The second-order valence-electron chi connectivity index (χ2n) is 14.8. The lowest BCUT2D eigenvalue weighted by Crippen LogP contribution is -2.01. The van der Waals surface area contributed by atoms with Gasteiger partial charge in [-0.3, -0.25) is 0 Å².